The molecule has 86 valence electrons. The molecule has 0 bridgehead atoms. The second-order valence-corrected chi connectivity index (χ2v) is 3.98. The van der Waals surface area contributed by atoms with Gasteiger partial charge in [0.05, 0.1) is 12.2 Å². The van der Waals surface area contributed by atoms with Gasteiger partial charge in [0.15, 0.2) is 5.69 Å². The number of hydrogen-bond donors (Lipinski definition) is 0. The molecule has 6 nitrogen and oxygen atoms in total. The Morgan fingerprint density at radius 3 is 3.06 bits per heavy atom. The molecular weight excluding hydrogens is 220 g/mol. The van der Waals surface area contributed by atoms with Crippen molar-refractivity contribution in [1.82, 2.24) is 20.0 Å². The molecule has 0 fully saturated rings. The minimum atomic E-state index is -0.139. The lowest BCUT2D eigenvalue weighted by atomic mass is 10.3. The van der Waals surface area contributed by atoms with E-state index in [1.165, 1.54) is 6.33 Å². The van der Waals surface area contributed by atoms with Crippen LogP contribution in [-0.4, -0.2) is 25.9 Å². The molecule has 2 aromatic heterocycles. The highest BCUT2D eigenvalue weighted by Crippen LogP contribution is 2.21. The van der Waals surface area contributed by atoms with Crippen molar-refractivity contribution in [3.05, 3.63) is 41.3 Å². The van der Waals surface area contributed by atoms with E-state index < -0.39 is 0 Å². The monoisotopic (exact) mass is 230 g/mol. The topological polar surface area (TPSA) is 72.1 Å². The van der Waals surface area contributed by atoms with E-state index in [-0.39, 0.29) is 5.91 Å². The Bertz CT molecular complexity index is 553. The summed E-state index contributed by atoms with van der Waals surface area (Å²) >= 11 is 0. The summed E-state index contributed by atoms with van der Waals surface area (Å²) in [6.45, 7) is 2.79. The Kier molecular flexibility index (Phi) is 2.14. The fraction of sp³-hybridized carbons (Fsp3) is 0.273. The smallest absolute Gasteiger partial charge is 0.276 e. The first-order chi connectivity index (χ1) is 8.24. The van der Waals surface area contributed by atoms with Gasteiger partial charge in [-0.3, -0.25) is 4.79 Å². The van der Waals surface area contributed by atoms with Crippen LogP contribution in [0.4, 0.5) is 0 Å². The lowest BCUT2D eigenvalue weighted by molar-refractivity contribution is 0.0740. The summed E-state index contributed by atoms with van der Waals surface area (Å²) in [5, 5.41) is 3.72. The molecule has 1 aliphatic rings. The number of hydrogen-bond acceptors (Lipinski definition) is 5. The fourth-order valence-corrected chi connectivity index (χ4v) is 1.87. The highest BCUT2D eigenvalue weighted by atomic mass is 16.5. The predicted octanol–water partition coefficient (Wildman–Crippen LogP) is 0.929. The van der Waals surface area contributed by atoms with E-state index in [1.54, 1.807) is 24.1 Å². The van der Waals surface area contributed by atoms with Gasteiger partial charge in [-0.2, -0.15) is 0 Å². The molecule has 6 heteroatoms. The Morgan fingerprint density at radius 2 is 2.35 bits per heavy atom. The Labute approximate surface area is 97.3 Å². The molecule has 2 aromatic rings. The molecule has 3 heterocycles. The molecule has 0 unspecified atom stereocenters. The molecule has 1 aliphatic heterocycles. The molecule has 0 saturated carbocycles. The van der Waals surface area contributed by atoms with Crippen LogP contribution in [0.1, 0.15) is 27.5 Å². The first kappa shape index (κ1) is 9.95. The molecule has 0 radical (unpaired) electrons. The summed E-state index contributed by atoms with van der Waals surface area (Å²) < 4.78 is 4.90. The fourth-order valence-electron chi connectivity index (χ4n) is 1.87. The Morgan fingerprint density at radius 1 is 1.47 bits per heavy atom. The molecule has 3 rings (SSSR count). The number of aromatic nitrogens is 3. The van der Waals surface area contributed by atoms with E-state index in [0.29, 0.717) is 24.5 Å². The summed E-state index contributed by atoms with van der Waals surface area (Å²) in [5.41, 5.74) is 2.22. The molecule has 1 amide bonds. The van der Waals surface area contributed by atoms with Crippen LogP contribution in [0.5, 0.6) is 0 Å². The average molecular weight is 230 g/mol. The lowest BCUT2D eigenvalue weighted by Gasteiger charge is -2.12. The molecular formula is C11H10N4O2. The third kappa shape index (κ3) is 1.67. The van der Waals surface area contributed by atoms with Crippen LogP contribution in [0.25, 0.3) is 0 Å². The van der Waals surface area contributed by atoms with Crippen molar-refractivity contribution in [2.45, 2.75) is 20.0 Å². The summed E-state index contributed by atoms with van der Waals surface area (Å²) in [7, 11) is 0. The quantitative estimate of drug-likeness (QED) is 0.728. The zero-order valence-electron chi connectivity index (χ0n) is 9.25. The third-order valence-corrected chi connectivity index (χ3v) is 2.72. The van der Waals surface area contributed by atoms with E-state index in [0.717, 1.165) is 11.3 Å². The summed E-state index contributed by atoms with van der Waals surface area (Å²) in [6, 6.07) is 1.64. The number of amides is 1. The lowest BCUT2D eigenvalue weighted by Crippen LogP contribution is -2.25. The van der Waals surface area contributed by atoms with Gasteiger partial charge in [-0.15, -0.1) is 0 Å². The standard InChI is InChI=1S/C11H10N4O2/c1-7-2-9(14-17-7)11(16)15-4-8-3-12-6-13-10(8)5-15/h2-3,6H,4-5H2,1H3. The molecule has 17 heavy (non-hydrogen) atoms. The first-order valence-electron chi connectivity index (χ1n) is 5.24. The van der Waals surface area contributed by atoms with Crippen molar-refractivity contribution in [1.29, 1.82) is 0 Å². The van der Waals surface area contributed by atoms with E-state index >= 15 is 0 Å². The minimum Gasteiger partial charge on any atom is -0.361 e. The highest BCUT2D eigenvalue weighted by Gasteiger charge is 2.26. The number of fused-ring (bicyclic) bond motifs is 1. The number of carbonyl (C=O) groups is 1. The van der Waals surface area contributed by atoms with Crippen molar-refractivity contribution in [3.63, 3.8) is 0 Å². The van der Waals surface area contributed by atoms with Crippen LogP contribution < -0.4 is 0 Å². The summed E-state index contributed by atoms with van der Waals surface area (Å²) in [5.74, 6) is 0.490. The van der Waals surface area contributed by atoms with Crippen molar-refractivity contribution in [3.8, 4) is 0 Å². The zero-order valence-corrected chi connectivity index (χ0v) is 9.25. The van der Waals surface area contributed by atoms with E-state index in [9.17, 15) is 4.79 Å². The highest BCUT2D eigenvalue weighted by molar-refractivity contribution is 5.92. The van der Waals surface area contributed by atoms with Gasteiger partial charge in [-0.05, 0) is 6.92 Å². The first-order valence-corrected chi connectivity index (χ1v) is 5.24. The van der Waals surface area contributed by atoms with Gasteiger partial charge in [0.1, 0.15) is 12.1 Å². The molecule has 0 N–H and O–H groups in total. The number of rotatable bonds is 1. The largest absolute Gasteiger partial charge is 0.361 e. The van der Waals surface area contributed by atoms with Gasteiger partial charge < -0.3 is 9.42 Å². The van der Waals surface area contributed by atoms with Crippen molar-refractivity contribution in [2.75, 3.05) is 0 Å². The van der Waals surface area contributed by atoms with Gasteiger partial charge in [-0.1, -0.05) is 5.16 Å². The van der Waals surface area contributed by atoms with E-state index in [4.69, 9.17) is 4.52 Å². The second-order valence-electron chi connectivity index (χ2n) is 3.98. The average Bonchev–Trinajstić information content (AvgIpc) is 2.93. The summed E-state index contributed by atoms with van der Waals surface area (Å²) in [6.07, 6.45) is 3.23. The maximum atomic E-state index is 12.1. The van der Waals surface area contributed by atoms with Crippen LogP contribution in [-0.2, 0) is 13.1 Å². The van der Waals surface area contributed by atoms with Gasteiger partial charge in [0.2, 0.25) is 0 Å². The zero-order chi connectivity index (χ0) is 11.8. The number of aryl methyl sites for hydroxylation is 1. The molecule has 0 atom stereocenters. The Balaban J connectivity index is 1.83. The van der Waals surface area contributed by atoms with Crippen molar-refractivity contribution >= 4 is 5.91 Å². The molecule has 0 saturated heterocycles. The van der Waals surface area contributed by atoms with Crippen LogP contribution in [0.15, 0.2) is 23.1 Å². The van der Waals surface area contributed by atoms with Crippen molar-refractivity contribution in [2.24, 2.45) is 0 Å². The summed E-state index contributed by atoms with van der Waals surface area (Å²) in [4.78, 5) is 21.8. The molecule has 0 aromatic carbocycles. The van der Waals surface area contributed by atoms with Crippen LogP contribution in [0.2, 0.25) is 0 Å². The second kappa shape index (κ2) is 3.65. The SMILES string of the molecule is Cc1cc(C(=O)N2Cc3cncnc3C2)no1. The van der Waals surface area contributed by atoms with Gasteiger partial charge in [0.25, 0.3) is 5.91 Å². The van der Waals surface area contributed by atoms with Gasteiger partial charge in [-0.25, -0.2) is 9.97 Å². The molecule has 0 aliphatic carbocycles. The number of nitrogens with zero attached hydrogens (tertiary/aromatic N) is 4. The van der Waals surface area contributed by atoms with Gasteiger partial charge >= 0.3 is 0 Å². The van der Waals surface area contributed by atoms with Crippen LogP contribution in [0.3, 0.4) is 0 Å². The van der Waals surface area contributed by atoms with Crippen LogP contribution >= 0.6 is 0 Å². The Hall–Kier alpha value is -2.24. The van der Waals surface area contributed by atoms with E-state index in [2.05, 4.69) is 15.1 Å². The predicted molar refractivity (Wildman–Crippen MR) is 56.8 cm³/mol. The van der Waals surface area contributed by atoms with E-state index in [1.807, 2.05) is 0 Å². The maximum Gasteiger partial charge on any atom is 0.276 e. The van der Waals surface area contributed by atoms with Crippen LogP contribution in [0, 0.1) is 6.92 Å². The number of carbonyl (C=O) groups excluding carboxylic acids is 1. The molecule has 0 spiro atoms. The van der Waals surface area contributed by atoms with Crippen molar-refractivity contribution < 1.29 is 9.32 Å². The van der Waals surface area contributed by atoms with Gasteiger partial charge in [0, 0.05) is 24.4 Å². The normalized spacial score (nSPS) is 13.8. The maximum absolute atomic E-state index is 12.1. The third-order valence-electron chi connectivity index (χ3n) is 2.72. The minimum absolute atomic E-state index is 0.139.